The first kappa shape index (κ1) is 12.5. The molecule has 4 nitrogen and oxygen atoms in total. The fourth-order valence-electron chi connectivity index (χ4n) is 1.18. The van der Waals surface area contributed by atoms with Crippen molar-refractivity contribution in [3.63, 3.8) is 0 Å². The van der Waals surface area contributed by atoms with Crippen LogP contribution in [0.4, 0.5) is 24.9 Å². The molecule has 1 heterocycles. The van der Waals surface area contributed by atoms with Crippen LogP contribution in [-0.4, -0.2) is 28.7 Å². The van der Waals surface area contributed by atoms with Crippen molar-refractivity contribution in [2.24, 2.45) is 0 Å². The van der Waals surface area contributed by atoms with E-state index in [9.17, 15) is 13.2 Å². The van der Waals surface area contributed by atoms with Gasteiger partial charge in [-0.25, -0.2) is 4.98 Å². The summed E-state index contributed by atoms with van der Waals surface area (Å²) in [5, 5.41) is 0. The van der Waals surface area contributed by atoms with E-state index in [2.05, 4.69) is 9.97 Å². The maximum absolute atomic E-state index is 12.3. The van der Waals surface area contributed by atoms with Crippen molar-refractivity contribution in [1.29, 1.82) is 0 Å². The Hall–Kier alpha value is -1.53. The van der Waals surface area contributed by atoms with Gasteiger partial charge in [-0.2, -0.15) is 18.2 Å². The van der Waals surface area contributed by atoms with Crippen LogP contribution in [0.3, 0.4) is 0 Å². The highest BCUT2D eigenvalue weighted by molar-refractivity contribution is 5.38. The number of hydrogen-bond acceptors (Lipinski definition) is 4. The van der Waals surface area contributed by atoms with Gasteiger partial charge in [0.05, 0.1) is 0 Å². The van der Waals surface area contributed by atoms with Crippen LogP contribution in [0.1, 0.15) is 13.8 Å². The zero-order chi connectivity index (χ0) is 12.3. The molecule has 0 saturated heterocycles. The summed E-state index contributed by atoms with van der Waals surface area (Å²) in [5.74, 6) is 0.144. The van der Waals surface area contributed by atoms with Gasteiger partial charge in [0.25, 0.3) is 0 Å². The number of rotatable bonds is 3. The first-order chi connectivity index (χ1) is 7.29. The molecule has 0 amide bonds. The van der Waals surface area contributed by atoms with Crippen molar-refractivity contribution in [2.45, 2.75) is 26.1 Å². The van der Waals surface area contributed by atoms with Crippen LogP contribution in [-0.2, 0) is 0 Å². The summed E-state index contributed by atoms with van der Waals surface area (Å²) < 4.78 is 37.0. The summed E-state index contributed by atoms with van der Waals surface area (Å²) in [4.78, 5) is 8.60. The minimum Gasteiger partial charge on any atom is -0.384 e. The molecule has 0 saturated carbocycles. The van der Waals surface area contributed by atoms with E-state index in [0.717, 1.165) is 4.90 Å². The number of hydrogen-bond donors (Lipinski definition) is 1. The van der Waals surface area contributed by atoms with E-state index in [0.29, 0.717) is 0 Å². The summed E-state index contributed by atoms with van der Waals surface area (Å²) in [6, 6.07) is 1.07. The van der Waals surface area contributed by atoms with E-state index in [1.165, 1.54) is 12.3 Å². The quantitative estimate of drug-likeness (QED) is 0.866. The number of halogens is 3. The van der Waals surface area contributed by atoms with Crippen molar-refractivity contribution in [3.05, 3.63) is 12.3 Å². The molecule has 7 heteroatoms. The van der Waals surface area contributed by atoms with Gasteiger partial charge < -0.3 is 10.6 Å². The van der Waals surface area contributed by atoms with Gasteiger partial charge in [-0.15, -0.1) is 0 Å². The minimum absolute atomic E-state index is 0.00711. The molecule has 0 fully saturated rings. The number of nitrogens with two attached hydrogens (primary N) is 1. The van der Waals surface area contributed by atoms with E-state index in [1.807, 2.05) is 0 Å². The largest absolute Gasteiger partial charge is 0.406 e. The average Bonchev–Trinajstić information content (AvgIpc) is 2.12. The number of alkyl halides is 3. The molecule has 0 aliphatic rings. The fourth-order valence-corrected chi connectivity index (χ4v) is 1.18. The summed E-state index contributed by atoms with van der Waals surface area (Å²) >= 11 is 0. The first-order valence-electron chi connectivity index (χ1n) is 4.71. The number of anilines is 2. The van der Waals surface area contributed by atoms with Gasteiger partial charge in [-0.1, -0.05) is 0 Å². The summed E-state index contributed by atoms with van der Waals surface area (Å²) in [6.07, 6.45) is -2.96. The molecule has 90 valence electrons. The molecule has 1 aromatic heterocycles. The number of nitrogens with zero attached hydrogens (tertiary/aromatic N) is 3. The molecule has 0 unspecified atom stereocenters. The van der Waals surface area contributed by atoms with Gasteiger partial charge in [-0.3, -0.25) is 0 Å². The van der Waals surface area contributed by atoms with Crippen molar-refractivity contribution in [2.75, 3.05) is 17.2 Å². The Morgan fingerprint density at radius 2 is 2.06 bits per heavy atom. The molecule has 0 bridgehead atoms. The van der Waals surface area contributed by atoms with Crippen LogP contribution >= 0.6 is 0 Å². The lowest BCUT2D eigenvalue weighted by atomic mass is 10.3. The first-order valence-corrected chi connectivity index (χ1v) is 4.71. The van der Waals surface area contributed by atoms with Gasteiger partial charge in [0.15, 0.2) is 0 Å². The van der Waals surface area contributed by atoms with Gasteiger partial charge in [-0.05, 0) is 19.9 Å². The fraction of sp³-hybridized carbons (Fsp3) is 0.556. The van der Waals surface area contributed by atoms with Gasteiger partial charge in [0.1, 0.15) is 12.4 Å². The lowest BCUT2D eigenvalue weighted by Gasteiger charge is -2.27. The van der Waals surface area contributed by atoms with E-state index >= 15 is 0 Å². The molecule has 0 radical (unpaired) electrons. The highest BCUT2D eigenvalue weighted by atomic mass is 19.4. The highest BCUT2D eigenvalue weighted by Crippen LogP contribution is 2.21. The summed E-state index contributed by atoms with van der Waals surface area (Å²) in [5.41, 5.74) is 5.40. The molecule has 1 aromatic rings. The van der Waals surface area contributed by atoms with Crippen LogP contribution in [0, 0.1) is 0 Å². The van der Waals surface area contributed by atoms with Crippen LogP contribution in [0.2, 0.25) is 0 Å². The Morgan fingerprint density at radius 1 is 1.44 bits per heavy atom. The molecule has 0 aliphatic carbocycles. The SMILES string of the molecule is CC(C)N(CC(F)(F)F)c1nccc(N)n1. The van der Waals surface area contributed by atoms with Crippen LogP contribution in [0.25, 0.3) is 0 Å². The van der Waals surface area contributed by atoms with Gasteiger partial charge in [0, 0.05) is 12.2 Å². The maximum atomic E-state index is 12.3. The molecular weight excluding hydrogens is 221 g/mol. The second-order valence-electron chi connectivity index (χ2n) is 3.62. The second kappa shape index (κ2) is 4.54. The highest BCUT2D eigenvalue weighted by Gasteiger charge is 2.33. The number of nitrogen functional groups attached to an aromatic ring is 1. The predicted octanol–water partition coefficient (Wildman–Crippen LogP) is 1.84. The predicted molar refractivity (Wildman–Crippen MR) is 55.0 cm³/mol. The van der Waals surface area contributed by atoms with Crippen LogP contribution < -0.4 is 10.6 Å². The Kier molecular flexibility index (Phi) is 3.56. The number of aromatic nitrogens is 2. The van der Waals surface area contributed by atoms with E-state index in [4.69, 9.17) is 5.73 Å². The minimum atomic E-state index is -4.29. The molecule has 16 heavy (non-hydrogen) atoms. The molecule has 0 aliphatic heterocycles. The topological polar surface area (TPSA) is 55.0 Å². The van der Waals surface area contributed by atoms with Crippen molar-refractivity contribution < 1.29 is 13.2 Å². The lowest BCUT2D eigenvalue weighted by molar-refractivity contribution is -0.120. The Balaban J connectivity index is 2.94. The van der Waals surface area contributed by atoms with Crippen molar-refractivity contribution >= 4 is 11.8 Å². The average molecular weight is 234 g/mol. The van der Waals surface area contributed by atoms with Crippen LogP contribution in [0.15, 0.2) is 12.3 Å². The second-order valence-corrected chi connectivity index (χ2v) is 3.62. The zero-order valence-corrected chi connectivity index (χ0v) is 8.99. The van der Waals surface area contributed by atoms with Gasteiger partial charge >= 0.3 is 6.18 Å². The van der Waals surface area contributed by atoms with Crippen molar-refractivity contribution in [1.82, 2.24) is 9.97 Å². The smallest absolute Gasteiger partial charge is 0.384 e. The Labute approximate surface area is 91.3 Å². The molecule has 0 atom stereocenters. The Morgan fingerprint density at radius 3 is 2.50 bits per heavy atom. The molecular formula is C9H13F3N4. The Bertz CT molecular complexity index is 351. The molecule has 2 N–H and O–H groups in total. The molecule has 0 aromatic carbocycles. The van der Waals surface area contributed by atoms with E-state index in [-0.39, 0.29) is 17.8 Å². The maximum Gasteiger partial charge on any atom is 0.406 e. The third-order valence-corrected chi connectivity index (χ3v) is 1.89. The normalized spacial score (nSPS) is 11.9. The van der Waals surface area contributed by atoms with Gasteiger partial charge in [0.2, 0.25) is 5.95 Å². The standard InChI is InChI=1S/C9H13F3N4/c1-6(2)16(5-9(10,11)12)8-14-4-3-7(13)15-8/h3-4,6H,5H2,1-2H3,(H2,13,14,15). The van der Waals surface area contributed by atoms with E-state index in [1.54, 1.807) is 13.8 Å². The molecule has 1 rings (SSSR count). The summed E-state index contributed by atoms with van der Waals surface area (Å²) in [6.45, 7) is 2.19. The van der Waals surface area contributed by atoms with Crippen molar-refractivity contribution in [3.8, 4) is 0 Å². The zero-order valence-electron chi connectivity index (χ0n) is 8.99. The van der Waals surface area contributed by atoms with E-state index < -0.39 is 12.7 Å². The third kappa shape index (κ3) is 3.56. The van der Waals surface area contributed by atoms with Crippen LogP contribution in [0.5, 0.6) is 0 Å². The monoisotopic (exact) mass is 234 g/mol. The lowest BCUT2D eigenvalue weighted by Crippen LogP contribution is -2.40. The molecule has 0 spiro atoms. The summed E-state index contributed by atoms with van der Waals surface area (Å²) in [7, 11) is 0. The third-order valence-electron chi connectivity index (χ3n) is 1.89.